The number of rotatable bonds is 6. The van der Waals surface area contributed by atoms with Crippen LogP contribution in [0.1, 0.15) is 29.2 Å². The maximum absolute atomic E-state index is 13.0. The number of ether oxygens (including phenoxy) is 1. The van der Waals surface area contributed by atoms with E-state index in [0.717, 1.165) is 6.07 Å². The van der Waals surface area contributed by atoms with Gasteiger partial charge in [0, 0.05) is 10.6 Å². The van der Waals surface area contributed by atoms with E-state index < -0.39 is 36.4 Å². The quantitative estimate of drug-likeness (QED) is 0.713. The average Bonchev–Trinajstić information content (AvgIpc) is 2.59. The van der Waals surface area contributed by atoms with Crippen LogP contribution in [0.2, 0.25) is 5.02 Å². The third-order valence-corrected chi connectivity index (χ3v) is 3.92. The number of halogens is 4. The number of alkyl halides is 3. The monoisotopic (exact) mass is 400 g/mol. The number of amides is 2. The average molecular weight is 401 g/mol. The van der Waals surface area contributed by atoms with Gasteiger partial charge in [0.15, 0.2) is 0 Å². The molecular weight excluding hydrogens is 385 g/mol. The van der Waals surface area contributed by atoms with Crippen molar-refractivity contribution in [3.63, 3.8) is 0 Å². The standard InChI is InChI=1S/C18H16ClF3N2O3/c19-13-7-5-11(6-8-13)15(24-17(23)26)9-16(25)27-10-12-3-1-2-4-14(12)18(20,21)22/h1-8,15H,9-10H2,(H3,23,24,26). The third-order valence-electron chi connectivity index (χ3n) is 3.67. The van der Waals surface area contributed by atoms with Gasteiger partial charge in [-0.05, 0) is 23.8 Å². The Morgan fingerprint density at radius 2 is 1.74 bits per heavy atom. The molecule has 0 bridgehead atoms. The van der Waals surface area contributed by atoms with Crippen molar-refractivity contribution in [2.75, 3.05) is 0 Å². The van der Waals surface area contributed by atoms with Crippen molar-refractivity contribution >= 4 is 23.6 Å². The summed E-state index contributed by atoms with van der Waals surface area (Å²) in [6.45, 7) is -0.543. The van der Waals surface area contributed by atoms with Crippen molar-refractivity contribution in [3.05, 3.63) is 70.2 Å². The molecule has 2 amide bonds. The number of benzene rings is 2. The molecule has 27 heavy (non-hydrogen) atoms. The van der Waals surface area contributed by atoms with Crippen LogP contribution in [0.25, 0.3) is 0 Å². The van der Waals surface area contributed by atoms with E-state index in [1.165, 1.54) is 18.2 Å². The maximum atomic E-state index is 13.0. The molecule has 0 heterocycles. The molecule has 0 aromatic heterocycles. The van der Waals surface area contributed by atoms with Gasteiger partial charge >= 0.3 is 18.2 Å². The highest BCUT2D eigenvalue weighted by Crippen LogP contribution is 2.32. The smallest absolute Gasteiger partial charge is 0.416 e. The lowest BCUT2D eigenvalue weighted by atomic mass is 10.0. The number of carbonyl (C=O) groups is 2. The van der Waals surface area contributed by atoms with Crippen LogP contribution in [0, 0.1) is 0 Å². The first-order valence-electron chi connectivity index (χ1n) is 7.79. The lowest BCUT2D eigenvalue weighted by Crippen LogP contribution is -2.34. The Kier molecular flexibility index (Phi) is 6.68. The van der Waals surface area contributed by atoms with Crippen LogP contribution in [0.5, 0.6) is 0 Å². The van der Waals surface area contributed by atoms with Gasteiger partial charge in [-0.1, -0.05) is 41.9 Å². The number of carbonyl (C=O) groups excluding carboxylic acids is 2. The molecule has 0 radical (unpaired) electrons. The lowest BCUT2D eigenvalue weighted by molar-refractivity contribution is -0.148. The Morgan fingerprint density at radius 3 is 2.33 bits per heavy atom. The van der Waals surface area contributed by atoms with Crippen LogP contribution in [0.15, 0.2) is 48.5 Å². The lowest BCUT2D eigenvalue weighted by Gasteiger charge is -2.18. The van der Waals surface area contributed by atoms with Crippen LogP contribution in [0.3, 0.4) is 0 Å². The zero-order valence-electron chi connectivity index (χ0n) is 13.9. The Hall–Kier alpha value is -2.74. The van der Waals surface area contributed by atoms with Crippen molar-refractivity contribution in [1.29, 1.82) is 0 Å². The molecule has 0 aliphatic heterocycles. The van der Waals surface area contributed by atoms with E-state index in [1.54, 1.807) is 24.3 Å². The zero-order valence-corrected chi connectivity index (χ0v) is 14.7. The number of urea groups is 1. The summed E-state index contributed by atoms with van der Waals surface area (Å²) in [4.78, 5) is 23.3. The van der Waals surface area contributed by atoms with Gasteiger partial charge in [-0.15, -0.1) is 0 Å². The summed E-state index contributed by atoms with van der Waals surface area (Å²) < 4.78 is 43.9. The van der Waals surface area contributed by atoms with Gasteiger partial charge in [0.25, 0.3) is 0 Å². The Labute approximate surface area is 158 Å². The normalized spacial score (nSPS) is 12.3. The van der Waals surface area contributed by atoms with Gasteiger partial charge in [-0.25, -0.2) is 4.79 Å². The minimum atomic E-state index is -4.55. The van der Waals surface area contributed by atoms with E-state index in [1.807, 2.05) is 0 Å². The second-order valence-electron chi connectivity index (χ2n) is 5.63. The highest BCUT2D eigenvalue weighted by Gasteiger charge is 2.33. The number of nitrogens with one attached hydrogen (secondary N) is 1. The van der Waals surface area contributed by atoms with Crippen LogP contribution in [-0.2, 0) is 22.3 Å². The van der Waals surface area contributed by atoms with E-state index in [2.05, 4.69) is 5.32 Å². The van der Waals surface area contributed by atoms with E-state index in [0.29, 0.717) is 10.6 Å². The third kappa shape index (κ3) is 6.18. The fourth-order valence-corrected chi connectivity index (χ4v) is 2.55. The molecular formula is C18H16ClF3N2O3. The highest BCUT2D eigenvalue weighted by atomic mass is 35.5. The first kappa shape index (κ1) is 20.6. The molecule has 2 aromatic rings. The van der Waals surface area contributed by atoms with Crippen molar-refractivity contribution in [1.82, 2.24) is 5.32 Å². The van der Waals surface area contributed by atoms with E-state index >= 15 is 0 Å². The number of nitrogens with two attached hydrogens (primary N) is 1. The second kappa shape index (κ2) is 8.77. The van der Waals surface area contributed by atoms with Crippen molar-refractivity contribution < 1.29 is 27.5 Å². The first-order valence-corrected chi connectivity index (χ1v) is 8.17. The molecule has 0 aliphatic rings. The Bertz CT molecular complexity index is 810. The van der Waals surface area contributed by atoms with Crippen LogP contribution < -0.4 is 11.1 Å². The molecule has 0 saturated heterocycles. The van der Waals surface area contributed by atoms with E-state index in [-0.39, 0.29) is 12.0 Å². The summed E-state index contributed by atoms with van der Waals surface area (Å²) in [5, 5.41) is 2.86. The van der Waals surface area contributed by atoms with Gasteiger partial charge in [-0.3, -0.25) is 4.79 Å². The molecule has 3 N–H and O–H groups in total. The SMILES string of the molecule is NC(=O)NC(CC(=O)OCc1ccccc1C(F)(F)F)c1ccc(Cl)cc1. The topological polar surface area (TPSA) is 81.4 Å². The summed E-state index contributed by atoms with van der Waals surface area (Å²) in [6, 6.07) is 9.47. The number of hydrogen-bond donors (Lipinski definition) is 2. The van der Waals surface area contributed by atoms with Gasteiger partial charge < -0.3 is 15.8 Å². The molecule has 0 fully saturated rings. The van der Waals surface area contributed by atoms with Gasteiger partial charge in [0.2, 0.25) is 0 Å². The number of primary amides is 1. The molecule has 2 aromatic carbocycles. The molecule has 5 nitrogen and oxygen atoms in total. The van der Waals surface area contributed by atoms with Crippen molar-refractivity contribution in [2.24, 2.45) is 5.73 Å². The van der Waals surface area contributed by atoms with Crippen molar-refractivity contribution in [2.45, 2.75) is 25.2 Å². The fraction of sp³-hybridized carbons (Fsp3) is 0.222. The van der Waals surface area contributed by atoms with Gasteiger partial charge in [0.05, 0.1) is 18.0 Å². The highest BCUT2D eigenvalue weighted by molar-refractivity contribution is 6.30. The summed E-state index contributed by atoms with van der Waals surface area (Å²) >= 11 is 5.80. The first-order chi connectivity index (χ1) is 12.7. The van der Waals surface area contributed by atoms with Crippen LogP contribution in [0.4, 0.5) is 18.0 Å². The molecule has 9 heteroatoms. The molecule has 0 spiro atoms. The molecule has 2 rings (SSSR count). The summed E-state index contributed by atoms with van der Waals surface area (Å²) in [5.41, 5.74) is 4.63. The molecule has 0 saturated carbocycles. The maximum Gasteiger partial charge on any atom is 0.416 e. The number of hydrogen-bond acceptors (Lipinski definition) is 3. The predicted octanol–water partition coefficient (Wildman–Crippen LogP) is 4.20. The zero-order chi connectivity index (χ0) is 20.0. The molecule has 1 unspecified atom stereocenters. The molecule has 0 aliphatic carbocycles. The molecule has 144 valence electrons. The summed E-state index contributed by atoms with van der Waals surface area (Å²) in [6.07, 6.45) is -4.86. The van der Waals surface area contributed by atoms with Crippen LogP contribution >= 0.6 is 11.6 Å². The van der Waals surface area contributed by atoms with Gasteiger partial charge in [0.1, 0.15) is 6.61 Å². The number of esters is 1. The molecule has 1 atom stereocenters. The largest absolute Gasteiger partial charge is 0.461 e. The fourth-order valence-electron chi connectivity index (χ4n) is 2.43. The van der Waals surface area contributed by atoms with E-state index in [9.17, 15) is 22.8 Å². The summed E-state index contributed by atoms with van der Waals surface area (Å²) in [7, 11) is 0. The van der Waals surface area contributed by atoms with Crippen molar-refractivity contribution in [3.8, 4) is 0 Å². The summed E-state index contributed by atoms with van der Waals surface area (Å²) in [5.74, 6) is -0.791. The van der Waals surface area contributed by atoms with Gasteiger partial charge in [-0.2, -0.15) is 13.2 Å². The predicted molar refractivity (Wildman–Crippen MR) is 92.8 cm³/mol. The minimum Gasteiger partial charge on any atom is -0.461 e. The minimum absolute atomic E-state index is 0.163. The van der Waals surface area contributed by atoms with Crippen LogP contribution in [-0.4, -0.2) is 12.0 Å². The van der Waals surface area contributed by atoms with E-state index in [4.69, 9.17) is 22.1 Å². The Balaban J connectivity index is 2.06. The second-order valence-corrected chi connectivity index (χ2v) is 6.07. The Morgan fingerprint density at radius 1 is 1.11 bits per heavy atom.